The topological polar surface area (TPSA) is 9.23 Å². The first-order chi connectivity index (χ1) is 5.89. The fourth-order valence-corrected chi connectivity index (χ4v) is 2.19. The van der Waals surface area contributed by atoms with E-state index in [1.165, 1.54) is 12.8 Å². The average Bonchev–Trinajstić information content (AvgIpc) is 2.17. The highest BCUT2D eigenvalue weighted by Gasteiger charge is 2.43. The maximum atomic E-state index is 5.20. The average molecular weight is 198 g/mol. The first kappa shape index (κ1) is 11.0. The van der Waals surface area contributed by atoms with Gasteiger partial charge < -0.3 is 4.43 Å². The van der Waals surface area contributed by atoms with Crippen molar-refractivity contribution in [3.63, 3.8) is 0 Å². The molecule has 0 radical (unpaired) electrons. The van der Waals surface area contributed by atoms with Crippen LogP contribution < -0.4 is 0 Å². The van der Waals surface area contributed by atoms with Crippen LogP contribution in [0.2, 0.25) is 0 Å². The molecule has 0 aromatic rings. The summed E-state index contributed by atoms with van der Waals surface area (Å²) in [6.45, 7) is 10.3. The lowest BCUT2D eigenvalue weighted by atomic mass is 9.71. The second kappa shape index (κ2) is 3.58. The Balaban J connectivity index is 2.70. The van der Waals surface area contributed by atoms with E-state index in [1.807, 2.05) is 0 Å². The van der Waals surface area contributed by atoms with Gasteiger partial charge in [0.15, 0.2) is 0 Å². The number of hydrogen-bond donors (Lipinski definition) is 0. The van der Waals surface area contributed by atoms with Gasteiger partial charge in [-0.2, -0.15) is 0 Å². The smallest absolute Gasteiger partial charge is 0.146 e. The molecule has 76 valence electrons. The van der Waals surface area contributed by atoms with Gasteiger partial charge in [-0.05, 0) is 23.7 Å². The summed E-state index contributed by atoms with van der Waals surface area (Å²) in [7, 11) is 0.851. The lowest BCUT2D eigenvalue weighted by molar-refractivity contribution is 0.157. The highest BCUT2D eigenvalue weighted by atomic mass is 28.2. The number of hydrogen-bond acceptors (Lipinski definition) is 1. The lowest BCUT2D eigenvalue weighted by Gasteiger charge is -2.34. The van der Waals surface area contributed by atoms with Gasteiger partial charge in [0.05, 0.1) is 6.61 Å². The maximum Gasteiger partial charge on any atom is 0.146 e. The SMILES string of the molecule is CC1(C)CC(=CCO[SiH3])CC1(C)C. The summed E-state index contributed by atoms with van der Waals surface area (Å²) in [5.74, 6) is 0. The Morgan fingerprint density at radius 2 is 1.69 bits per heavy atom. The van der Waals surface area contributed by atoms with Crippen molar-refractivity contribution in [2.45, 2.75) is 40.5 Å². The second-order valence-corrected chi connectivity index (χ2v) is 6.02. The Morgan fingerprint density at radius 1 is 1.23 bits per heavy atom. The third-order valence-electron chi connectivity index (χ3n) is 3.71. The summed E-state index contributed by atoms with van der Waals surface area (Å²) < 4.78 is 5.20. The van der Waals surface area contributed by atoms with Crippen LogP contribution >= 0.6 is 0 Å². The minimum absolute atomic E-state index is 0.448. The van der Waals surface area contributed by atoms with Gasteiger partial charge in [-0.1, -0.05) is 39.3 Å². The van der Waals surface area contributed by atoms with Crippen LogP contribution in [0.5, 0.6) is 0 Å². The standard InChI is InChI=1S/C11H22OSi/c1-10(2)7-9(5-6-12-13)8-11(10,3)4/h5H,6-8H2,1-4,13H3. The molecule has 0 N–H and O–H groups in total. The van der Waals surface area contributed by atoms with Crippen molar-refractivity contribution in [3.8, 4) is 0 Å². The van der Waals surface area contributed by atoms with Crippen LogP contribution in [0.15, 0.2) is 11.6 Å². The molecule has 1 aliphatic rings. The third kappa shape index (κ3) is 2.23. The van der Waals surface area contributed by atoms with Gasteiger partial charge in [-0.25, -0.2) is 0 Å². The Morgan fingerprint density at radius 3 is 2.08 bits per heavy atom. The molecule has 13 heavy (non-hydrogen) atoms. The van der Waals surface area contributed by atoms with E-state index < -0.39 is 0 Å². The maximum absolute atomic E-state index is 5.20. The molecule has 0 atom stereocenters. The summed E-state index contributed by atoms with van der Waals surface area (Å²) in [6, 6.07) is 0. The summed E-state index contributed by atoms with van der Waals surface area (Å²) in [6.07, 6.45) is 4.76. The van der Waals surface area contributed by atoms with Crippen molar-refractivity contribution < 1.29 is 4.43 Å². The molecule has 0 spiro atoms. The van der Waals surface area contributed by atoms with Crippen molar-refractivity contribution in [1.82, 2.24) is 0 Å². The highest BCUT2D eigenvalue weighted by molar-refractivity contribution is 5.98. The zero-order valence-corrected chi connectivity index (χ0v) is 11.6. The molecule has 1 nitrogen and oxygen atoms in total. The lowest BCUT2D eigenvalue weighted by Crippen LogP contribution is -2.25. The van der Waals surface area contributed by atoms with Crippen molar-refractivity contribution in [2.24, 2.45) is 10.8 Å². The highest BCUT2D eigenvalue weighted by Crippen LogP contribution is 2.54. The van der Waals surface area contributed by atoms with Crippen LogP contribution in [0.4, 0.5) is 0 Å². The molecule has 0 aliphatic heterocycles. The van der Waals surface area contributed by atoms with E-state index in [9.17, 15) is 0 Å². The molecule has 0 aromatic heterocycles. The van der Waals surface area contributed by atoms with Crippen LogP contribution in [0.25, 0.3) is 0 Å². The molecule has 1 aliphatic carbocycles. The normalized spacial score (nSPS) is 25.1. The van der Waals surface area contributed by atoms with Crippen molar-refractivity contribution in [3.05, 3.63) is 11.6 Å². The zero-order chi connectivity index (χ0) is 10.1. The van der Waals surface area contributed by atoms with E-state index >= 15 is 0 Å². The van der Waals surface area contributed by atoms with E-state index in [0.717, 1.165) is 17.1 Å². The van der Waals surface area contributed by atoms with E-state index in [0.29, 0.717) is 10.8 Å². The summed E-state index contributed by atoms with van der Waals surface area (Å²) in [4.78, 5) is 0. The predicted octanol–water partition coefficient (Wildman–Crippen LogP) is 2.06. The van der Waals surface area contributed by atoms with Gasteiger partial charge in [0.2, 0.25) is 0 Å². The van der Waals surface area contributed by atoms with E-state index in [4.69, 9.17) is 4.43 Å². The first-order valence-corrected chi connectivity index (χ1v) is 5.87. The fraction of sp³-hybridized carbons (Fsp3) is 0.818. The van der Waals surface area contributed by atoms with Crippen molar-refractivity contribution in [1.29, 1.82) is 0 Å². The quantitative estimate of drug-likeness (QED) is 0.487. The Bertz CT molecular complexity index is 198. The summed E-state index contributed by atoms with van der Waals surface area (Å²) in [5.41, 5.74) is 2.49. The molecular formula is C11H22OSi. The molecule has 0 heterocycles. The minimum Gasteiger partial charge on any atom is -0.424 e. The molecule has 0 unspecified atom stereocenters. The molecular weight excluding hydrogens is 176 g/mol. The minimum atomic E-state index is 0.448. The van der Waals surface area contributed by atoms with Gasteiger partial charge in [-0.15, -0.1) is 0 Å². The van der Waals surface area contributed by atoms with Crippen molar-refractivity contribution >= 4 is 10.5 Å². The Hall–Kier alpha value is -0.0831. The molecule has 0 bridgehead atoms. The van der Waals surface area contributed by atoms with E-state index in [2.05, 4.69) is 33.8 Å². The van der Waals surface area contributed by atoms with E-state index in [1.54, 1.807) is 5.57 Å². The van der Waals surface area contributed by atoms with Gasteiger partial charge in [0, 0.05) is 0 Å². The largest absolute Gasteiger partial charge is 0.424 e. The summed E-state index contributed by atoms with van der Waals surface area (Å²) >= 11 is 0. The van der Waals surface area contributed by atoms with Gasteiger partial charge in [0.25, 0.3) is 0 Å². The molecule has 1 saturated carbocycles. The van der Waals surface area contributed by atoms with Crippen LogP contribution in [0.3, 0.4) is 0 Å². The zero-order valence-electron chi connectivity index (χ0n) is 9.61. The fourth-order valence-electron chi connectivity index (χ4n) is 2.02. The predicted molar refractivity (Wildman–Crippen MR) is 60.8 cm³/mol. The second-order valence-electron chi connectivity index (χ2n) is 5.44. The molecule has 2 heteroatoms. The van der Waals surface area contributed by atoms with E-state index in [-0.39, 0.29) is 0 Å². The van der Waals surface area contributed by atoms with Gasteiger partial charge >= 0.3 is 0 Å². The molecule has 1 fully saturated rings. The molecule has 0 amide bonds. The molecule has 0 aromatic carbocycles. The molecule has 1 rings (SSSR count). The number of allylic oxidation sites excluding steroid dienone is 1. The molecule has 0 saturated heterocycles. The Kier molecular flexibility index (Phi) is 3.03. The summed E-state index contributed by atoms with van der Waals surface area (Å²) in [5, 5.41) is 0. The third-order valence-corrected chi connectivity index (χ3v) is 4.04. The van der Waals surface area contributed by atoms with Gasteiger partial charge in [0.1, 0.15) is 10.5 Å². The van der Waals surface area contributed by atoms with Crippen LogP contribution in [0.1, 0.15) is 40.5 Å². The van der Waals surface area contributed by atoms with Crippen molar-refractivity contribution in [2.75, 3.05) is 6.61 Å². The van der Waals surface area contributed by atoms with Crippen LogP contribution in [0, 0.1) is 10.8 Å². The van der Waals surface area contributed by atoms with Crippen LogP contribution in [-0.4, -0.2) is 17.1 Å². The van der Waals surface area contributed by atoms with Crippen LogP contribution in [-0.2, 0) is 4.43 Å². The monoisotopic (exact) mass is 198 g/mol. The first-order valence-electron chi connectivity index (χ1n) is 5.06. The Labute approximate surface area is 85.1 Å². The number of rotatable bonds is 2. The van der Waals surface area contributed by atoms with Gasteiger partial charge in [-0.3, -0.25) is 0 Å².